The smallest absolute Gasteiger partial charge is 0.367 e. The van der Waals surface area contributed by atoms with E-state index in [4.69, 9.17) is 5.73 Å². The lowest BCUT2D eigenvalue weighted by atomic mass is 10.1. The maximum Gasteiger partial charge on any atom is 0.416 e. The van der Waals surface area contributed by atoms with Crippen LogP contribution in [0.25, 0.3) is 0 Å². The molecule has 0 aliphatic carbocycles. The first kappa shape index (κ1) is 18.1. The Hall–Kier alpha value is -2.74. The number of benzene rings is 2. The van der Waals surface area contributed by atoms with Crippen LogP contribution in [-0.2, 0) is 25.7 Å². The molecule has 138 valence electrons. The number of amides is 2. The molecule has 1 aliphatic heterocycles. The Bertz CT molecular complexity index is 824. The zero-order chi connectivity index (χ0) is 18.9. The highest BCUT2D eigenvalue weighted by atomic mass is 19.4. The summed E-state index contributed by atoms with van der Waals surface area (Å²) in [6, 6.07) is 9.87. The summed E-state index contributed by atoms with van der Waals surface area (Å²) in [6.07, 6.45) is -3.62. The normalized spacial score (nSPS) is 13.6. The molecule has 26 heavy (non-hydrogen) atoms. The third kappa shape index (κ3) is 3.91. The SMILES string of the molecule is NC(=O)N(O)Cc1ccc2c(c1)CCN2Cc1cccc(C(F)(F)F)c1. The van der Waals surface area contributed by atoms with Gasteiger partial charge in [-0.25, -0.2) is 9.86 Å². The lowest BCUT2D eigenvalue weighted by Gasteiger charge is -2.20. The van der Waals surface area contributed by atoms with Gasteiger partial charge in [0.05, 0.1) is 12.1 Å². The average Bonchev–Trinajstić information content (AvgIpc) is 2.96. The van der Waals surface area contributed by atoms with E-state index in [1.165, 1.54) is 12.1 Å². The molecule has 5 nitrogen and oxygen atoms in total. The van der Waals surface area contributed by atoms with Gasteiger partial charge >= 0.3 is 12.2 Å². The maximum atomic E-state index is 12.9. The highest BCUT2D eigenvalue weighted by Gasteiger charge is 2.30. The van der Waals surface area contributed by atoms with E-state index >= 15 is 0 Å². The van der Waals surface area contributed by atoms with Crippen LogP contribution in [0.4, 0.5) is 23.7 Å². The van der Waals surface area contributed by atoms with E-state index in [1.807, 2.05) is 17.0 Å². The Morgan fingerprint density at radius 2 is 1.96 bits per heavy atom. The van der Waals surface area contributed by atoms with Crippen molar-refractivity contribution < 1.29 is 23.2 Å². The van der Waals surface area contributed by atoms with Crippen molar-refractivity contribution in [2.75, 3.05) is 11.4 Å². The molecule has 0 unspecified atom stereocenters. The Labute approximate surface area is 148 Å². The Kier molecular flexibility index (Phi) is 4.78. The van der Waals surface area contributed by atoms with Gasteiger partial charge < -0.3 is 10.6 Å². The Morgan fingerprint density at radius 1 is 1.19 bits per heavy atom. The molecular formula is C18H18F3N3O2. The van der Waals surface area contributed by atoms with Crippen LogP contribution in [0.1, 0.15) is 22.3 Å². The van der Waals surface area contributed by atoms with Crippen LogP contribution < -0.4 is 10.6 Å². The molecule has 0 radical (unpaired) electrons. The second-order valence-corrected chi connectivity index (χ2v) is 6.23. The lowest BCUT2D eigenvalue weighted by molar-refractivity contribution is -0.137. The summed E-state index contributed by atoms with van der Waals surface area (Å²) in [7, 11) is 0. The summed E-state index contributed by atoms with van der Waals surface area (Å²) in [5, 5.41) is 9.85. The zero-order valence-electron chi connectivity index (χ0n) is 13.8. The molecule has 0 saturated heterocycles. The van der Waals surface area contributed by atoms with Gasteiger partial charge in [-0.15, -0.1) is 0 Å². The van der Waals surface area contributed by atoms with Crippen molar-refractivity contribution in [3.63, 3.8) is 0 Å². The molecule has 0 bridgehead atoms. The number of primary amides is 1. The molecule has 2 aromatic rings. The van der Waals surface area contributed by atoms with Crippen molar-refractivity contribution in [1.29, 1.82) is 0 Å². The fourth-order valence-electron chi connectivity index (χ4n) is 3.10. The molecule has 0 atom stereocenters. The predicted molar refractivity (Wildman–Crippen MR) is 89.6 cm³/mol. The third-order valence-corrected chi connectivity index (χ3v) is 4.35. The van der Waals surface area contributed by atoms with Crippen molar-refractivity contribution in [2.45, 2.75) is 25.7 Å². The molecule has 3 N–H and O–H groups in total. The molecule has 0 saturated carbocycles. The third-order valence-electron chi connectivity index (χ3n) is 4.35. The van der Waals surface area contributed by atoms with Gasteiger partial charge in [0.2, 0.25) is 0 Å². The van der Waals surface area contributed by atoms with E-state index in [2.05, 4.69) is 0 Å². The number of rotatable bonds is 4. The second-order valence-electron chi connectivity index (χ2n) is 6.23. The predicted octanol–water partition coefficient (Wildman–Crippen LogP) is 3.54. The number of halogens is 3. The lowest BCUT2D eigenvalue weighted by Crippen LogP contribution is -2.32. The number of fused-ring (bicyclic) bond motifs is 1. The van der Waals surface area contributed by atoms with E-state index in [0.717, 1.165) is 29.3 Å². The first-order valence-electron chi connectivity index (χ1n) is 8.03. The first-order valence-corrected chi connectivity index (χ1v) is 8.03. The summed E-state index contributed by atoms with van der Waals surface area (Å²) in [6.45, 7) is 1.05. The van der Waals surface area contributed by atoms with Crippen LogP contribution in [0.3, 0.4) is 0 Å². The van der Waals surface area contributed by atoms with Crippen LogP contribution in [0.15, 0.2) is 42.5 Å². The van der Waals surface area contributed by atoms with E-state index < -0.39 is 17.8 Å². The highest BCUT2D eigenvalue weighted by Crippen LogP contribution is 2.33. The molecular weight excluding hydrogens is 347 g/mol. The van der Waals surface area contributed by atoms with Crippen LogP contribution >= 0.6 is 0 Å². The minimum absolute atomic E-state index is 0.0176. The van der Waals surface area contributed by atoms with E-state index in [1.54, 1.807) is 12.1 Å². The highest BCUT2D eigenvalue weighted by molar-refractivity contribution is 5.70. The molecule has 2 amide bonds. The van der Waals surface area contributed by atoms with E-state index in [0.29, 0.717) is 23.7 Å². The summed E-state index contributed by atoms with van der Waals surface area (Å²) >= 11 is 0. The van der Waals surface area contributed by atoms with Gasteiger partial charge in [0, 0.05) is 18.8 Å². The fraction of sp³-hybridized carbons (Fsp3) is 0.278. The van der Waals surface area contributed by atoms with Gasteiger partial charge in [-0.3, -0.25) is 5.21 Å². The van der Waals surface area contributed by atoms with Crippen LogP contribution in [0.2, 0.25) is 0 Å². The monoisotopic (exact) mass is 365 g/mol. The van der Waals surface area contributed by atoms with Gasteiger partial charge in [-0.1, -0.05) is 24.3 Å². The largest absolute Gasteiger partial charge is 0.416 e. The standard InChI is InChI=1S/C18H18F3N3O2/c19-18(20,21)15-3-1-2-12(9-15)10-23-7-6-14-8-13(4-5-16(14)23)11-24(26)17(22)25/h1-5,8-9,26H,6-7,10-11H2,(H2,22,25). The van der Waals surface area contributed by atoms with Crippen LogP contribution in [0.5, 0.6) is 0 Å². The first-order chi connectivity index (χ1) is 12.2. The van der Waals surface area contributed by atoms with E-state index in [-0.39, 0.29) is 6.54 Å². The molecule has 0 fully saturated rings. The van der Waals surface area contributed by atoms with Crippen molar-refractivity contribution in [3.05, 3.63) is 64.7 Å². The quantitative estimate of drug-likeness (QED) is 0.643. The minimum atomic E-state index is -4.36. The van der Waals surface area contributed by atoms with Crippen molar-refractivity contribution in [1.82, 2.24) is 5.06 Å². The second kappa shape index (κ2) is 6.87. The topological polar surface area (TPSA) is 69.8 Å². The number of nitrogens with zero attached hydrogens (tertiary/aromatic N) is 2. The van der Waals surface area contributed by atoms with Crippen molar-refractivity contribution >= 4 is 11.7 Å². The van der Waals surface area contributed by atoms with Crippen LogP contribution in [0, 0.1) is 0 Å². The Morgan fingerprint density at radius 3 is 2.65 bits per heavy atom. The molecule has 0 aromatic heterocycles. The number of carbonyl (C=O) groups excluding carboxylic acids is 1. The van der Waals surface area contributed by atoms with Gasteiger partial charge in [0.1, 0.15) is 0 Å². The molecule has 2 aromatic carbocycles. The molecule has 1 aliphatic rings. The fourth-order valence-corrected chi connectivity index (χ4v) is 3.10. The number of hydroxylamine groups is 2. The molecule has 1 heterocycles. The molecule has 8 heteroatoms. The van der Waals surface area contributed by atoms with Gasteiger partial charge in [0.15, 0.2) is 0 Å². The summed E-state index contributed by atoms with van der Waals surface area (Å²) < 4.78 is 38.6. The van der Waals surface area contributed by atoms with E-state index in [9.17, 15) is 23.2 Å². The van der Waals surface area contributed by atoms with Gasteiger partial charge in [0.25, 0.3) is 0 Å². The van der Waals surface area contributed by atoms with Gasteiger partial charge in [-0.2, -0.15) is 13.2 Å². The average molecular weight is 365 g/mol. The molecule has 0 spiro atoms. The number of alkyl halides is 3. The van der Waals surface area contributed by atoms with Crippen LogP contribution in [-0.4, -0.2) is 22.8 Å². The minimum Gasteiger partial charge on any atom is -0.367 e. The number of urea groups is 1. The Balaban J connectivity index is 1.75. The van der Waals surface area contributed by atoms with Crippen molar-refractivity contribution in [2.24, 2.45) is 5.73 Å². The van der Waals surface area contributed by atoms with Gasteiger partial charge in [-0.05, 0) is 41.3 Å². The van der Waals surface area contributed by atoms with Crippen molar-refractivity contribution in [3.8, 4) is 0 Å². The summed E-state index contributed by atoms with van der Waals surface area (Å²) in [5.41, 5.74) is 7.62. The zero-order valence-corrected chi connectivity index (χ0v) is 13.8. The number of hydrogen-bond donors (Lipinski definition) is 2. The number of hydrogen-bond acceptors (Lipinski definition) is 3. The summed E-state index contributed by atoms with van der Waals surface area (Å²) in [4.78, 5) is 12.9. The number of anilines is 1. The number of carbonyl (C=O) groups is 1. The molecule has 3 rings (SSSR count). The number of nitrogens with two attached hydrogens (primary N) is 1. The summed E-state index contributed by atoms with van der Waals surface area (Å²) in [5.74, 6) is 0. The maximum absolute atomic E-state index is 12.9.